The summed E-state index contributed by atoms with van der Waals surface area (Å²) in [7, 11) is 3.96. The maximum absolute atomic E-state index is 12.6. The normalized spacial score (nSPS) is 10.2. The molecule has 2 aromatic carbocycles. The van der Waals surface area contributed by atoms with Crippen molar-refractivity contribution in [2.75, 3.05) is 24.3 Å². The fourth-order valence-corrected chi connectivity index (χ4v) is 3.40. The number of carbonyl (C=O) groups is 1. The standard InChI is InChI=1S/C23H22ClN5O.2ClH/c1-28(2)19-11-9-18(10-12-19)26-21(30)13-15-29-22(16-5-7-17(24)8-6-16)27-20-4-3-14-25-23(20)29;;/h3-12,14H,13,15H2,1-2H3,(H,26,30);2*1H. The van der Waals surface area contributed by atoms with E-state index in [1.807, 2.05) is 84.2 Å². The van der Waals surface area contributed by atoms with Crippen LogP contribution in [0.15, 0.2) is 66.9 Å². The Kier molecular flexibility index (Phi) is 8.89. The van der Waals surface area contributed by atoms with Crippen LogP contribution in [-0.2, 0) is 11.3 Å². The van der Waals surface area contributed by atoms with Gasteiger partial charge in [-0.05, 0) is 60.7 Å². The van der Waals surface area contributed by atoms with Crippen LogP contribution in [-0.4, -0.2) is 34.5 Å². The number of hydrogen-bond acceptors (Lipinski definition) is 4. The first-order chi connectivity index (χ1) is 14.5. The minimum atomic E-state index is -0.0626. The van der Waals surface area contributed by atoms with Crippen molar-refractivity contribution in [1.82, 2.24) is 14.5 Å². The van der Waals surface area contributed by atoms with Crippen molar-refractivity contribution in [1.29, 1.82) is 0 Å². The molecule has 0 fully saturated rings. The lowest BCUT2D eigenvalue weighted by molar-refractivity contribution is -0.116. The molecule has 168 valence electrons. The van der Waals surface area contributed by atoms with E-state index < -0.39 is 0 Å². The predicted molar refractivity (Wildman–Crippen MR) is 136 cm³/mol. The number of hydrogen-bond donors (Lipinski definition) is 1. The van der Waals surface area contributed by atoms with Gasteiger partial charge in [-0.2, -0.15) is 0 Å². The highest BCUT2D eigenvalue weighted by Crippen LogP contribution is 2.25. The summed E-state index contributed by atoms with van der Waals surface area (Å²) in [6.07, 6.45) is 2.04. The van der Waals surface area contributed by atoms with Gasteiger partial charge in [0, 0.05) is 55.2 Å². The van der Waals surface area contributed by atoms with Crippen molar-refractivity contribution in [3.05, 3.63) is 71.9 Å². The van der Waals surface area contributed by atoms with Crippen LogP contribution in [0, 0.1) is 0 Å². The molecule has 0 atom stereocenters. The smallest absolute Gasteiger partial charge is 0.226 e. The van der Waals surface area contributed by atoms with Crippen LogP contribution in [0.4, 0.5) is 11.4 Å². The zero-order valence-corrected chi connectivity index (χ0v) is 20.0. The highest BCUT2D eigenvalue weighted by Gasteiger charge is 2.15. The van der Waals surface area contributed by atoms with Crippen molar-refractivity contribution >= 4 is 64.9 Å². The molecule has 4 rings (SSSR count). The third-order valence-electron chi connectivity index (χ3n) is 4.84. The average molecular weight is 493 g/mol. The number of fused-ring (bicyclic) bond motifs is 1. The monoisotopic (exact) mass is 491 g/mol. The van der Waals surface area contributed by atoms with E-state index in [1.165, 1.54) is 0 Å². The average Bonchev–Trinajstić information content (AvgIpc) is 3.12. The van der Waals surface area contributed by atoms with Gasteiger partial charge in [-0.15, -0.1) is 24.8 Å². The fraction of sp³-hybridized carbons (Fsp3) is 0.174. The number of nitrogens with zero attached hydrogens (tertiary/aromatic N) is 4. The number of carbonyl (C=O) groups excluding carboxylic acids is 1. The van der Waals surface area contributed by atoms with Crippen LogP contribution >= 0.6 is 36.4 Å². The molecule has 4 aromatic rings. The van der Waals surface area contributed by atoms with E-state index in [-0.39, 0.29) is 30.7 Å². The minimum absolute atomic E-state index is 0. The molecule has 32 heavy (non-hydrogen) atoms. The summed E-state index contributed by atoms with van der Waals surface area (Å²) in [5, 5.41) is 3.62. The molecule has 0 spiro atoms. The van der Waals surface area contributed by atoms with Gasteiger partial charge in [0.1, 0.15) is 11.3 Å². The SMILES string of the molecule is CN(C)c1ccc(NC(=O)CCn2c(-c3ccc(Cl)cc3)nc3cccnc32)cc1.Cl.Cl. The van der Waals surface area contributed by atoms with E-state index in [0.29, 0.717) is 18.0 Å². The van der Waals surface area contributed by atoms with Crippen LogP contribution in [0.1, 0.15) is 6.42 Å². The molecule has 0 aliphatic carbocycles. The Balaban J connectivity index is 0.00000181. The van der Waals surface area contributed by atoms with Crippen molar-refractivity contribution < 1.29 is 4.79 Å². The lowest BCUT2D eigenvalue weighted by Gasteiger charge is -2.13. The summed E-state index contributed by atoms with van der Waals surface area (Å²) in [5.41, 5.74) is 4.33. The molecule has 6 nitrogen and oxygen atoms in total. The van der Waals surface area contributed by atoms with Gasteiger partial charge in [0.2, 0.25) is 5.91 Å². The van der Waals surface area contributed by atoms with Gasteiger partial charge in [0.05, 0.1) is 0 Å². The Labute approximate surface area is 204 Å². The highest BCUT2D eigenvalue weighted by molar-refractivity contribution is 6.30. The number of pyridine rings is 1. The molecule has 0 unspecified atom stereocenters. The van der Waals surface area contributed by atoms with Crippen LogP contribution in [0.2, 0.25) is 5.02 Å². The first kappa shape index (κ1) is 25.5. The molecule has 0 aliphatic heterocycles. The first-order valence-electron chi connectivity index (χ1n) is 9.66. The van der Waals surface area contributed by atoms with E-state index in [9.17, 15) is 4.79 Å². The van der Waals surface area contributed by atoms with E-state index in [2.05, 4.69) is 10.3 Å². The second-order valence-corrected chi connectivity index (χ2v) is 7.62. The zero-order chi connectivity index (χ0) is 21.1. The topological polar surface area (TPSA) is 63.1 Å². The molecular formula is C23H24Cl3N5O. The third-order valence-corrected chi connectivity index (χ3v) is 5.09. The fourth-order valence-electron chi connectivity index (χ4n) is 3.27. The third kappa shape index (κ3) is 5.71. The maximum atomic E-state index is 12.6. The summed E-state index contributed by atoms with van der Waals surface area (Å²) in [4.78, 5) is 23.8. The lowest BCUT2D eigenvalue weighted by atomic mass is 10.2. The summed E-state index contributed by atoms with van der Waals surface area (Å²) in [6.45, 7) is 0.465. The first-order valence-corrected chi connectivity index (χ1v) is 10.0. The number of imidazole rings is 1. The molecule has 0 bridgehead atoms. The van der Waals surface area contributed by atoms with Crippen molar-refractivity contribution in [2.45, 2.75) is 13.0 Å². The van der Waals surface area contributed by atoms with E-state index in [1.54, 1.807) is 6.20 Å². The van der Waals surface area contributed by atoms with Gasteiger partial charge in [0.25, 0.3) is 0 Å². The van der Waals surface area contributed by atoms with E-state index in [0.717, 1.165) is 33.9 Å². The van der Waals surface area contributed by atoms with Crippen molar-refractivity contribution in [3.8, 4) is 11.4 Å². The summed E-state index contributed by atoms with van der Waals surface area (Å²) < 4.78 is 1.98. The van der Waals surface area contributed by atoms with E-state index in [4.69, 9.17) is 16.6 Å². The van der Waals surface area contributed by atoms with Crippen LogP contribution < -0.4 is 10.2 Å². The molecule has 0 saturated heterocycles. The Morgan fingerprint density at radius 3 is 2.38 bits per heavy atom. The maximum Gasteiger partial charge on any atom is 0.226 e. The molecular weight excluding hydrogens is 469 g/mol. The summed E-state index contributed by atoms with van der Waals surface area (Å²) >= 11 is 6.03. The minimum Gasteiger partial charge on any atom is -0.378 e. The van der Waals surface area contributed by atoms with Crippen LogP contribution in [0.5, 0.6) is 0 Å². The molecule has 9 heteroatoms. The number of benzene rings is 2. The number of rotatable bonds is 6. The second-order valence-electron chi connectivity index (χ2n) is 7.18. The number of anilines is 2. The van der Waals surface area contributed by atoms with Gasteiger partial charge in [-0.1, -0.05) is 11.6 Å². The number of aryl methyl sites for hydroxylation is 1. The molecule has 0 saturated carbocycles. The van der Waals surface area contributed by atoms with Crippen molar-refractivity contribution in [3.63, 3.8) is 0 Å². The largest absolute Gasteiger partial charge is 0.378 e. The number of halogens is 3. The quantitative estimate of drug-likeness (QED) is 0.375. The molecule has 2 aromatic heterocycles. The molecule has 0 aliphatic rings. The second kappa shape index (κ2) is 11.2. The van der Waals surface area contributed by atoms with E-state index >= 15 is 0 Å². The number of nitrogens with one attached hydrogen (secondary N) is 1. The van der Waals surface area contributed by atoms with Crippen LogP contribution in [0.25, 0.3) is 22.6 Å². The molecule has 1 N–H and O–H groups in total. The lowest BCUT2D eigenvalue weighted by Crippen LogP contribution is -2.15. The molecule has 1 amide bonds. The Hall–Kier alpha value is -2.80. The molecule has 2 heterocycles. The summed E-state index contributed by atoms with van der Waals surface area (Å²) in [6, 6.07) is 19.0. The van der Waals surface area contributed by atoms with Gasteiger partial charge in [0.15, 0.2) is 5.65 Å². The van der Waals surface area contributed by atoms with Gasteiger partial charge >= 0.3 is 0 Å². The van der Waals surface area contributed by atoms with Crippen molar-refractivity contribution in [2.24, 2.45) is 0 Å². The Bertz CT molecular complexity index is 1170. The Morgan fingerprint density at radius 1 is 1.03 bits per heavy atom. The number of aromatic nitrogens is 3. The Morgan fingerprint density at radius 2 is 1.72 bits per heavy atom. The zero-order valence-electron chi connectivity index (χ0n) is 17.7. The number of amides is 1. The summed E-state index contributed by atoms with van der Waals surface area (Å²) in [5.74, 6) is 0.705. The van der Waals surface area contributed by atoms with Crippen LogP contribution in [0.3, 0.4) is 0 Å². The highest BCUT2D eigenvalue weighted by atomic mass is 35.5. The predicted octanol–water partition coefficient (Wildman–Crippen LogP) is 5.69. The van der Waals surface area contributed by atoms with Gasteiger partial charge in [-0.25, -0.2) is 9.97 Å². The van der Waals surface area contributed by atoms with Gasteiger partial charge in [-0.3, -0.25) is 4.79 Å². The van der Waals surface area contributed by atoms with Gasteiger partial charge < -0.3 is 14.8 Å². The molecule has 0 radical (unpaired) electrons.